The van der Waals surface area contributed by atoms with Crippen LogP contribution in [0.2, 0.25) is 0 Å². The maximum atomic E-state index is 14.3. The summed E-state index contributed by atoms with van der Waals surface area (Å²) in [6, 6.07) is 15.7. The molecule has 0 radical (unpaired) electrons. The topological polar surface area (TPSA) is 54.3 Å². The SMILES string of the molecule is Cc1ccc(CN2C(=O)N/C(=C/c3cc(C)n(-c4ccccc4F)c3C)C2=O)cc1. The molecule has 152 valence electrons. The van der Waals surface area contributed by atoms with Crippen LogP contribution < -0.4 is 5.32 Å². The average molecular weight is 403 g/mol. The molecule has 1 aliphatic rings. The maximum absolute atomic E-state index is 14.3. The van der Waals surface area contributed by atoms with E-state index in [0.717, 1.165) is 28.1 Å². The highest BCUT2D eigenvalue weighted by atomic mass is 19.1. The van der Waals surface area contributed by atoms with Crippen LogP contribution in [0.3, 0.4) is 0 Å². The number of halogens is 1. The summed E-state index contributed by atoms with van der Waals surface area (Å²) in [5.74, 6) is -0.704. The summed E-state index contributed by atoms with van der Waals surface area (Å²) in [6.45, 7) is 5.92. The molecule has 2 aromatic carbocycles. The minimum absolute atomic E-state index is 0.205. The van der Waals surface area contributed by atoms with Gasteiger partial charge in [-0.05, 0) is 56.2 Å². The number of carbonyl (C=O) groups excluding carboxylic acids is 2. The molecule has 0 unspecified atom stereocenters. The van der Waals surface area contributed by atoms with Gasteiger partial charge in [-0.1, -0.05) is 42.0 Å². The molecule has 0 atom stereocenters. The van der Waals surface area contributed by atoms with Crippen LogP contribution >= 0.6 is 0 Å². The second-order valence-corrected chi connectivity index (χ2v) is 7.48. The first-order valence-electron chi connectivity index (χ1n) is 9.69. The first-order valence-corrected chi connectivity index (χ1v) is 9.69. The quantitative estimate of drug-likeness (QED) is 0.510. The predicted octanol–water partition coefficient (Wildman–Crippen LogP) is 4.63. The van der Waals surface area contributed by atoms with Crippen molar-refractivity contribution in [2.75, 3.05) is 0 Å². The number of aromatic nitrogens is 1. The average Bonchev–Trinajstić information content (AvgIpc) is 3.14. The van der Waals surface area contributed by atoms with Crippen molar-refractivity contribution in [1.82, 2.24) is 14.8 Å². The fourth-order valence-electron chi connectivity index (χ4n) is 3.68. The van der Waals surface area contributed by atoms with E-state index in [-0.39, 0.29) is 24.0 Å². The summed E-state index contributed by atoms with van der Waals surface area (Å²) in [7, 11) is 0. The minimum Gasteiger partial charge on any atom is -0.315 e. The largest absolute Gasteiger partial charge is 0.329 e. The molecule has 0 saturated carbocycles. The first kappa shape index (κ1) is 19.6. The predicted molar refractivity (Wildman–Crippen MR) is 113 cm³/mol. The number of imide groups is 1. The van der Waals surface area contributed by atoms with E-state index < -0.39 is 6.03 Å². The molecule has 6 heteroatoms. The van der Waals surface area contributed by atoms with Gasteiger partial charge in [-0.3, -0.25) is 9.69 Å². The van der Waals surface area contributed by atoms with Gasteiger partial charge in [0.15, 0.2) is 0 Å². The Hall–Kier alpha value is -3.67. The van der Waals surface area contributed by atoms with Gasteiger partial charge in [-0.25, -0.2) is 9.18 Å². The monoisotopic (exact) mass is 403 g/mol. The van der Waals surface area contributed by atoms with Crippen LogP contribution in [0.1, 0.15) is 28.1 Å². The summed E-state index contributed by atoms with van der Waals surface area (Å²) < 4.78 is 16.1. The molecule has 30 heavy (non-hydrogen) atoms. The number of para-hydroxylation sites is 1. The van der Waals surface area contributed by atoms with Gasteiger partial charge in [0.2, 0.25) is 0 Å². The molecule has 3 aromatic rings. The Labute approximate surface area is 174 Å². The van der Waals surface area contributed by atoms with E-state index in [1.54, 1.807) is 28.8 Å². The van der Waals surface area contributed by atoms with Crippen molar-refractivity contribution in [3.63, 3.8) is 0 Å². The van der Waals surface area contributed by atoms with Crippen LogP contribution in [0, 0.1) is 26.6 Å². The van der Waals surface area contributed by atoms with E-state index in [1.165, 1.54) is 11.0 Å². The Bertz CT molecular complexity index is 1180. The van der Waals surface area contributed by atoms with Crippen LogP contribution in [-0.2, 0) is 11.3 Å². The summed E-state index contributed by atoms with van der Waals surface area (Å²) >= 11 is 0. The molecule has 2 heterocycles. The molecule has 1 fully saturated rings. The smallest absolute Gasteiger partial charge is 0.315 e. The molecule has 1 N–H and O–H groups in total. The number of rotatable bonds is 4. The lowest BCUT2D eigenvalue weighted by molar-refractivity contribution is -0.123. The fraction of sp³-hybridized carbons (Fsp3) is 0.167. The Morgan fingerprint density at radius 2 is 1.70 bits per heavy atom. The van der Waals surface area contributed by atoms with Gasteiger partial charge in [0.25, 0.3) is 5.91 Å². The van der Waals surface area contributed by atoms with Crippen LogP contribution in [-0.4, -0.2) is 21.4 Å². The van der Waals surface area contributed by atoms with E-state index in [4.69, 9.17) is 0 Å². The number of nitrogens with zero attached hydrogens (tertiary/aromatic N) is 2. The lowest BCUT2D eigenvalue weighted by atomic mass is 10.1. The fourth-order valence-corrected chi connectivity index (χ4v) is 3.68. The van der Waals surface area contributed by atoms with E-state index in [2.05, 4.69) is 5.32 Å². The zero-order chi connectivity index (χ0) is 21.4. The highest BCUT2D eigenvalue weighted by Crippen LogP contribution is 2.25. The van der Waals surface area contributed by atoms with Gasteiger partial charge in [0, 0.05) is 11.4 Å². The number of carbonyl (C=O) groups is 2. The van der Waals surface area contributed by atoms with Crippen LogP contribution in [0.5, 0.6) is 0 Å². The Kier molecular flexibility index (Phi) is 4.99. The van der Waals surface area contributed by atoms with Crippen LogP contribution in [0.25, 0.3) is 11.8 Å². The summed E-state index contributed by atoms with van der Waals surface area (Å²) in [5.41, 5.74) is 5.00. The molecule has 1 saturated heterocycles. The number of amides is 3. The van der Waals surface area contributed by atoms with Gasteiger partial charge in [0.05, 0.1) is 12.2 Å². The van der Waals surface area contributed by atoms with E-state index in [9.17, 15) is 14.0 Å². The maximum Gasteiger partial charge on any atom is 0.329 e. The van der Waals surface area contributed by atoms with Gasteiger partial charge in [0.1, 0.15) is 11.5 Å². The highest BCUT2D eigenvalue weighted by molar-refractivity contribution is 6.14. The third-order valence-electron chi connectivity index (χ3n) is 5.29. The third-order valence-corrected chi connectivity index (χ3v) is 5.29. The standard InChI is InChI=1S/C24H22FN3O2/c1-15-8-10-18(11-9-15)14-27-23(29)21(26-24(27)30)13-19-12-16(2)28(17(19)3)22-7-5-4-6-20(22)25/h4-13H,14H2,1-3H3,(H,26,30)/b21-13+. The van der Waals surface area contributed by atoms with E-state index in [1.807, 2.05) is 51.1 Å². The molecule has 0 spiro atoms. The summed E-state index contributed by atoms with van der Waals surface area (Å²) in [5, 5.41) is 2.66. The van der Waals surface area contributed by atoms with Crippen molar-refractivity contribution in [3.05, 3.63) is 94.2 Å². The molecule has 3 amide bonds. The number of benzene rings is 2. The first-order chi connectivity index (χ1) is 14.3. The molecule has 4 rings (SSSR count). The van der Waals surface area contributed by atoms with Gasteiger partial charge in [-0.15, -0.1) is 0 Å². The van der Waals surface area contributed by atoms with Crippen molar-refractivity contribution in [3.8, 4) is 5.69 Å². The molecular weight excluding hydrogens is 381 g/mol. The van der Waals surface area contributed by atoms with Gasteiger partial charge in [-0.2, -0.15) is 0 Å². The van der Waals surface area contributed by atoms with Crippen molar-refractivity contribution >= 4 is 18.0 Å². The zero-order valence-corrected chi connectivity index (χ0v) is 17.1. The summed E-state index contributed by atoms with van der Waals surface area (Å²) in [4.78, 5) is 26.4. The number of urea groups is 1. The van der Waals surface area contributed by atoms with E-state index in [0.29, 0.717) is 5.69 Å². The number of hydrogen-bond donors (Lipinski definition) is 1. The summed E-state index contributed by atoms with van der Waals surface area (Å²) in [6.07, 6.45) is 1.65. The second-order valence-electron chi connectivity index (χ2n) is 7.48. The zero-order valence-electron chi connectivity index (χ0n) is 17.1. The van der Waals surface area contributed by atoms with Crippen LogP contribution in [0.4, 0.5) is 9.18 Å². The normalized spacial score (nSPS) is 15.2. The molecule has 0 aliphatic carbocycles. The van der Waals surface area contributed by atoms with Gasteiger partial charge < -0.3 is 9.88 Å². The lowest BCUT2D eigenvalue weighted by Gasteiger charge is -2.12. The Balaban J connectivity index is 1.63. The Morgan fingerprint density at radius 1 is 1.00 bits per heavy atom. The molecular formula is C24H22FN3O2. The third kappa shape index (κ3) is 3.52. The number of aryl methyl sites for hydroxylation is 2. The lowest BCUT2D eigenvalue weighted by Crippen LogP contribution is -2.30. The van der Waals surface area contributed by atoms with Crippen LogP contribution in [0.15, 0.2) is 60.3 Å². The highest BCUT2D eigenvalue weighted by Gasteiger charge is 2.33. The van der Waals surface area contributed by atoms with Crippen molar-refractivity contribution in [2.24, 2.45) is 0 Å². The molecule has 0 bridgehead atoms. The Morgan fingerprint density at radius 3 is 2.40 bits per heavy atom. The minimum atomic E-state index is -0.449. The van der Waals surface area contributed by atoms with Crippen molar-refractivity contribution < 1.29 is 14.0 Å². The molecule has 1 aromatic heterocycles. The second kappa shape index (κ2) is 7.63. The number of hydrogen-bond acceptors (Lipinski definition) is 2. The van der Waals surface area contributed by atoms with Crippen molar-refractivity contribution in [2.45, 2.75) is 27.3 Å². The number of nitrogens with one attached hydrogen (secondary N) is 1. The van der Waals surface area contributed by atoms with E-state index >= 15 is 0 Å². The molecule has 1 aliphatic heterocycles. The van der Waals surface area contributed by atoms with Crippen molar-refractivity contribution in [1.29, 1.82) is 0 Å². The molecule has 5 nitrogen and oxygen atoms in total. The van der Waals surface area contributed by atoms with Gasteiger partial charge >= 0.3 is 6.03 Å².